The second kappa shape index (κ2) is 13.2. The summed E-state index contributed by atoms with van der Waals surface area (Å²) < 4.78 is 0. The van der Waals surface area contributed by atoms with Gasteiger partial charge in [0.25, 0.3) is 11.8 Å². The van der Waals surface area contributed by atoms with E-state index in [0.717, 1.165) is 11.1 Å². The molecule has 0 spiro atoms. The van der Waals surface area contributed by atoms with Crippen LogP contribution in [0.25, 0.3) is 0 Å². The highest BCUT2D eigenvalue weighted by atomic mass is 16.2. The molecule has 8 nitrogen and oxygen atoms in total. The Morgan fingerprint density at radius 1 is 0.579 bits per heavy atom. The van der Waals surface area contributed by atoms with E-state index in [1.807, 2.05) is 24.3 Å². The van der Waals surface area contributed by atoms with Gasteiger partial charge in [0.2, 0.25) is 11.8 Å². The number of hydrogen-bond acceptors (Lipinski definition) is 4. The van der Waals surface area contributed by atoms with Gasteiger partial charge in [-0.1, -0.05) is 30.3 Å². The molecule has 0 heterocycles. The predicted molar refractivity (Wildman–Crippen MR) is 149 cm³/mol. The number of carbonyl (C=O) groups is 4. The molecule has 0 aliphatic heterocycles. The van der Waals surface area contributed by atoms with Crippen LogP contribution in [0.4, 0.5) is 11.4 Å². The van der Waals surface area contributed by atoms with Crippen LogP contribution in [0.3, 0.4) is 0 Å². The summed E-state index contributed by atoms with van der Waals surface area (Å²) in [5, 5.41) is 5.69. The van der Waals surface area contributed by atoms with Gasteiger partial charge in [-0.25, -0.2) is 0 Å². The van der Waals surface area contributed by atoms with Crippen molar-refractivity contribution in [3.63, 3.8) is 0 Å². The highest BCUT2D eigenvalue weighted by Crippen LogP contribution is 2.16. The Morgan fingerprint density at radius 2 is 0.947 bits per heavy atom. The lowest BCUT2D eigenvalue weighted by Gasteiger charge is -2.11. The van der Waals surface area contributed by atoms with E-state index in [4.69, 9.17) is 0 Å². The molecule has 0 unspecified atom stereocenters. The fourth-order valence-corrected chi connectivity index (χ4v) is 3.67. The maximum Gasteiger partial charge on any atom is 0.255 e. The largest absolute Gasteiger partial charge is 0.349 e. The molecule has 3 aromatic rings. The summed E-state index contributed by atoms with van der Waals surface area (Å²) in [4.78, 5) is 52.3. The first-order chi connectivity index (χ1) is 18.1. The van der Waals surface area contributed by atoms with Crippen molar-refractivity contribution in [3.05, 3.63) is 95.1 Å². The van der Waals surface area contributed by atoms with E-state index in [0.29, 0.717) is 48.2 Å². The molecule has 2 N–H and O–H groups in total. The fraction of sp³-hybridized carbons (Fsp3) is 0.267. The third-order valence-corrected chi connectivity index (χ3v) is 6.06. The van der Waals surface area contributed by atoms with Crippen molar-refractivity contribution in [3.8, 4) is 0 Å². The summed E-state index contributed by atoms with van der Waals surface area (Å²) in [6, 6.07) is 21.2. The molecule has 3 aromatic carbocycles. The van der Waals surface area contributed by atoms with Crippen molar-refractivity contribution in [2.75, 3.05) is 38.8 Å². The zero-order valence-electron chi connectivity index (χ0n) is 22.3. The Bertz CT molecular complexity index is 1190. The monoisotopic (exact) mass is 514 g/mol. The Kier molecular flexibility index (Phi) is 9.76. The van der Waals surface area contributed by atoms with E-state index in [9.17, 15) is 19.2 Å². The molecule has 38 heavy (non-hydrogen) atoms. The number of nitrogens with one attached hydrogen (secondary N) is 2. The molecule has 0 atom stereocenters. The number of carbonyl (C=O) groups excluding carboxylic acids is 4. The first-order valence-corrected chi connectivity index (χ1v) is 12.4. The van der Waals surface area contributed by atoms with Crippen molar-refractivity contribution in [1.29, 1.82) is 0 Å². The number of benzene rings is 3. The van der Waals surface area contributed by atoms with Gasteiger partial charge in [0.05, 0.1) is 0 Å². The van der Waals surface area contributed by atoms with Crippen LogP contribution in [0.15, 0.2) is 72.8 Å². The average molecular weight is 515 g/mol. The van der Waals surface area contributed by atoms with E-state index >= 15 is 0 Å². The minimum Gasteiger partial charge on any atom is -0.349 e. The molecule has 4 amide bonds. The molecule has 0 aliphatic carbocycles. The molecule has 8 heteroatoms. The van der Waals surface area contributed by atoms with Crippen LogP contribution >= 0.6 is 0 Å². The summed E-state index contributed by atoms with van der Waals surface area (Å²) in [5.74, 6) is -0.521. The van der Waals surface area contributed by atoms with Crippen molar-refractivity contribution in [2.45, 2.75) is 25.7 Å². The van der Waals surface area contributed by atoms with Gasteiger partial charge in [0.1, 0.15) is 0 Å². The van der Waals surface area contributed by atoms with Gasteiger partial charge in [-0.2, -0.15) is 0 Å². The summed E-state index contributed by atoms with van der Waals surface area (Å²) in [5.41, 5.74) is 3.98. The molecular weight excluding hydrogens is 480 g/mol. The minimum atomic E-state index is -0.327. The summed E-state index contributed by atoms with van der Waals surface area (Å²) in [6.07, 6.45) is 2.10. The van der Waals surface area contributed by atoms with E-state index in [2.05, 4.69) is 10.6 Å². The molecule has 0 bridgehead atoms. The molecule has 0 saturated carbocycles. The Labute approximate surface area is 223 Å². The van der Waals surface area contributed by atoms with Crippen molar-refractivity contribution < 1.29 is 19.2 Å². The minimum absolute atomic E-state index is 0.0663. The summed E-state index contributed by atoms with van der Waals surface area (Å²) >= 11 is 0. The fourth-order valence-electron chi connectivity index (χ4n) is 3.67. The van der Waals surface area contributed by atoms with Crippen LogP contribution in [0.2, 0.25) is 0 Å². The van der Waals surface area contributed by atoms with Crippen LogP contribution in [-0.2, 0) is 22.4 Å². The highest BCUT2D eigenvalue weighted by molar-refractivity contribution is 6.08. The highest BCUT2D eigenvalue weighted by Gasteiger charge is 2.12. The van der Waals surface area contributed by atoms with Gasteiger partial charge >= 0.3 is 0 Å². The summed E-state index contributed by atoms with van der Waals surface area (Å²) in [7, 11) is 6.93. The zero-order chi connectivity index (χ0) is 27.7. The first-order valence-electron chi connectivity index (χ1n) is 12.4. The second-order valence-electron chi connectivity index (χ2n) is 9.46. The molecule has 0 radical (unpaired) electrons. The number of hydrogen-bond donors (Lipinski definition) is 2. The molecule has 0 fully saturated rings. The van der Waals surface area contributed by atoms with Crippen LogP contribution in [0, 0.1) is 0 Å². The molecular formula is C30H34N4O4. The van der Waals surface area contributed by atoms with Crippen LogP contribution in [0.5, 0.6) is 0 Å². The number of amides is 4. The molecule has 3 rings (SSSR count). The topological polar surface area (TPSA) is 98.8 Å². The zero-order valence-corrected chi connectivity index (χ0v) is 22.3. The number of nitrogens with zero attached hydrogens (tertiary/aromatic N) is 2. The van der Waals surface area contributed by atoms with Crippen molar-refractivity contribution in [2.24, 2.45) is 0 Å². The van der Waals surface area contributed by atoms with E-state index in [1.165, 1.54) is 0 Å². The lowest BCUT2D eigenvalue weighted by molar-refractivity contribution is -0.129. The SMILES string of the molecule is CN(C)C(=O)CCc1ccc(NC(=O)c2cccc(C(=O)Nc3ccc(CCC(=O)N(C)C)cc3)c2)cc1. The van der Waals surface area contributed by atoms with Crippen molar-refractivity contribution >= 4 is 35.0 Å². The molecule has 0 aliphatic rings. The molecule has 0 aromatic heterocycles. The normalized spacial score (nSPS) is 10.4. The molecule has 198 valence electrons. The van der Waals surface area contributed by atoms with E-state index in [-0.39, 0.29) is 23.6 Å². The Balaban J connectivity index is 1.56. The molecule has 0 saturated heterocycles. The number of rotatable bonds is 10. The van der Waals surface area contributed by atoms with Gasteiger partial charge < -0.3 is 20.4 Å². The third-order valence-electron chi connectivity index (χ3n) is 6.06. The van der Waals surface area contributed by atoms with Crippen LogP contribution in [0.1, 0.15) is 44.7 Å². The van der Waals surface area contributed by atoms with Gasteiger partial charge in [0.15, 0.2) is 0 Å². The van der Waals surface area contributed by atoms with E-state index < -0.39 is 0 Å². The number of anilines is 2. The number of aryl methyl sites for hydroxylation is 2. The van der Waals surface area contributed by atoms with Gasteiger partial charge in [-0.05, 0) is 66.4 Å². The summed E-state index contributed by atoms with van der Waals surface area (Å²) in [6.45, 7) is 0. The first kappa shape index (κ1) is 28.1. The van der Waals surface area contributed by atoms with E-state index in [1.54, 1.807) is 86.5 Å². The standard InChI is InChI=1S/C30H34N4O4/c1-33(2)27(35)18-12-21-8-14-25(15-9-21)31-29(37)23-6-5-7-24(20-23)30(38)32-26-16-10-22(11-17-26)13-19-28(36)34(3)4/h5-11,14-17,20H,12-13,18-19H2,1-4H3,(H,31,37)(H,32,38). The van der Waals surface area contributed by atoms with Gasteiger partial charge in [0, 0.05) is 63.5 Å². The van der Waals surface area contributed by atoms with Gasteiger partial charge in [-0.3, -0.25) is 19.2 Å². The Hall–Kier alpha value is -4.46. The maximum absolute atomic E-state index is 12.8. The lowest BCUT2D eigenvalue weighted by Crippen LogP contribution is -2.21. The third kappa shape index (κ3) is 8.30. The van der Waals surface area contributed by atoms with Crippen LogP contribution < -0.4 is 10.6 Å². The van der Waals surface area contributed by atoms with Crippen LogP contribution in [-0.4, -0.2) is 61.6 Å². The quantitative estimate of drug-likeness (QED) is 0.423. The average Bonchev–Trinajstić information content (AvgIpc) is 2.91. The van der Waals surface area contributed by atoms with Crippen molar-refractivity contribution in [1.82, 2.24) is 9.80 Å². The maximum atomic E-state index is 12.8. The van der Waals surface area contributed by atoms with Gasteiger partial charge in [-0.15, -0.1) is 0 Å². The lowest BCUT2D eigenvalue weighted by atomic mass is 10.1. The second-order valence-corrected chi connectivity index (χ2v) is 9.46. The Morgan fingerprint density at radius 3 is 1.29 bits per heavy atom. The smallest absolute Gasteiger partial charge is 0.255 e. The predicted octanol–water partition coefficient (Wildman–Crippen LogP) is 4.23.